The Balaban J connectivity index is 0. The first-order valence-corrected chi connectivity index (χ1v) is 18.9. The van der Waals surface area contributed by atoms with Crippen molar-refractivity contribution in [2.24, 2.45) is 0 Å². The molecule has 0 fully saturated rings. The van der Waals surface area contributed by atoms with E-state index in [9.17, 15) is 9.90 Å². The molecule has 0 bridgehead atoms. The summed E-state index contributed by atoms with van der Waals surface area (Å²) in [7, 11) is 0. The monoisotopic (exact) mass is 750 g/mol. The summed E-state index contributed by atoms with van der Waals surface area (Å²) < 4.78 is 64.9. The molecule has 51 heavy (non-hydrogen) atoms. The molecule has 0 heterocycles. The summed E-state index contributed by atoms with van der Waals surface area (Å²) in [6.07, 6.45) is 13.4. The second-order valence-corrected chi connectivity index (χ2v) is 11.3. The molecule has 0 aromatic carbocycles. The van der Waals surface area contributed by atoms with E-state index in [1.165, 1.54) is 57.8 Å². The maximum atomic E-state index is 10.2. The van der Waals surface area contributed by atoms with Crippen LogP contribution in [-0.4, -0.2) is 165 Å². The Morgan fingerprint density at radius 1 is 0.314 bits per heavy atom. The van der Waals surface area contributed by atoms with Gasteiger partial charge in [-0.3, -0.25) is 0 Å². The van der Waals surface area contributed by atoms with Crippen molar-refractivity contribution < 1.29 is 96.3 Å². The van der Waals surface area contributed by atoms with Gasteiger partial charge in [0.25, 0.3) is 0 Å². The normalized spacial score (nSPS) is 11.3. The molecule has 0 saturated heterocycles. The Morgan fingerprint density at radius 3 is 0.745 bits per heavy atom. The predicted octanol–water partition coefficient (Wildman–Crippen LogP) is -0.140. The van der Waals surface area contributed by atoms with Gasteiger partial charge < -0.3 is 66.7 Å². The van der Waals surface area contributed by atoms with Crippen LogP contribution >= 0.6 is 0 Å². The summed E-state index contributed by atoms with van der Waals surface area (Å²) in [4.78, 5) is 10.2. The van der Waals surface area contributed by atoms with Crippen molar-refractivity contribution in [2.75, 3.05) is 159 Å². The molecule has 0 aromatic rings. The van der Waals surface area contributed by atoms with Crippen molar-refractivity contribution in [1.29, 1.82) is 0 Å². The van der Waals surface area contributed by atoms with Gasteiger partial charge in [0.2, 0.25) is 0 Å². The van der Waals surface area contributed by atoms with Crippen LogP contribution in [-0.2, 0) is 61.6 Å². The molecule has 0 aromatic heterocycles. The number of carbonyl (C=O) groups excluding carboxylic acids is 1. The SMILES string of the molecule is CCCCCCCCCCCCOCCOCCOCCOCCOCCOCCOCCOCCOCCOCCOCCOCC(=O)[O-].[Na+]. The number of aliphatic carboxylic acids is 1. The molecule has 0 aliphatic heterocycles. The molecular weight excluding hydrogens is 679 g/mol. The summed E-state index contributed by atoms with van der Waals surface area (Å²) in [5, 5.41) is 10.2. The van der Waals surface area contributed by atoms with Gasteiger partial charge in [-0.05, 0) is 6.42 Å². The van der Waals surface area contributed by atoms with E-state index in [1.54, 1.807) is 0 Å². The number of rotatable bonds is 46. The minimum Gasteiger partial charge on any atom is -0.548 e. The second kappa shape index (κ2) is 50.0. The van der Waals surface area contributed by atoms with Crippen molar-refractivity contribution in [3.05, 3.63) is 0 Å². The number of unbranched alkanes of at least 4 members (excludes halogenated alkanes) is 9. The van der Waals surface area contributed by atoms with Crippen LogP contribution in [0.5, 0.6) is 0 Å². The summed E-state index contributed by atoms with van der Waals surface area (Å²) in [5.74, 6) is -1.24. The van der Waals surface area contributed by atoms with Crippen LogP contribution in [0.15, 0.2) is 0 Å². The Labute approximate surface area is 330 Å². The molecule has 14 nitrogen and oxygen atoms in total. The van der Waals surface area contributed by atoms with Crippen LogP contribution in [0, 0.1) is 0 Å². The minimum atomic E-state index is -1.24. The van der Waals surface area contributed by atoms with Crippen LogP contribution < -0.4 is 34.7 Å². The zero-order valence-electron chi connectivity index (χ0n) is 32.3. The van der Waals surface area contributed by atoms with Gasteiger partial charge in [-0.1, -0.05) is 64.7 Å². The van der Waals surface area contributed by atoms with Gasteiger partial charge in [-0.15, -0.1) is 0 Å². The first-order chi connectivity index (χ1) is 24.8. The standard InChI is InChI=1S/C36H72O14.Na/c1-2-3-4-5-6-7-8-9-10-11-12-39-13-14-40-15-16-41-17-18-42-19-20-43-21-22-44-23-24-45-25-26-46-27-28-47-29-30-48-31-32-49-33-34-50-35-36(37)38;/h2-35H2,1H3,(H,37,38);/q;+1/p-1. The predicted molar refractivity (Wildman–Crippen MR) is 187 cm³/mol. The van der Waals surface area contributed by atoms with Crippen LogP contribution in [0.25, 0.3) is 0 Å². The Bertz CT molecular complexity index is 639. The third kappa shape index (κ3) is 52.1. The fourth-order valence-corrected chi connectivity index (χ4v) is 4.27. The van der Waals surface area contributed by atoms with Crippen LogP contribution in [0.4, 0.5) is 0 Å². The number of hydrogen-bond acceptors (Lipinski definition) is 14. The molecular formula is C36H71NaO14. The maximum Gasteiger partial charge on any atom is 1.00 e. The first-order valence-electron chi connectivity index (χ1n) is 18.9. The molecule has 0 spiro atoms. The molecule has 15 heteroatoms. The van der Waals surface area contributed by atoms with Gasteiger partial charge in [0.15, 0.2) is 0 Å². The number of carbonyl (C=O) groups is 1. The van der Waals surface area contributed by atoms with Crippen molar-refractivity contribution in [2.45, 2.75) is 71.1 Å². The zero-order chi connectivity index (χ0) is 36.1. The summed E-state index contributed by atoms with van der Waals surface area (Å²) >= 11 is 0. The zero-order valence-corrected chi connectivity index (χ0v) is 34.3. The fourth-order valence-electron chi connectivity index (χ4n) is 4.27. The van der Waals surface area contributed by atoms with Gasteiger partial charge in [0.1, 0.15) is 0 Å². The molecule has 300 valence electrons. The van der Waals surface area contributed by atoms with Gasteiger partial charge in [0, 0.05) is 6.61 Å². The van der Waals surface area contributed by atoms with Crippen LogP contribution in [0.1, 0.15) is 71.1 Å². The van der Waals surface area contributed by atoms with E-state index in [0.717, 1.165) is 13.0 Å². The number of ether oxygens (including phenoxy) is 12. The molecule has 0 amide bonds. The molecule has 0 rings (SSSR count). The molecule has 0 atom stereocenters. The van der Waals surface area contributed by atoms with Gasteiger partial charge in [0.05, 0.1) is 158 Å². The Morgan fingerprint density at radius 2 is 0.510 bits per heavy atom. The quantitative estimate of drug-likeness (QED) is 0.0600. The average molecular weight is 751 g/mol. The Hall–Kier alpha value is -0.01000. The largest absolute Gasteiger partial charge is 1.00 e. The Kier molecular flexibility index (Phi) is 52.0. The van der Waals surface area contributed by atoms with Crippen LogP contribution in [0.3, 0.4) is 0 Å². The van der Waals surface area contributed by atoms with Gasteiger partial charge >= 0.3 is 29.6 Å². The van der Waals surface area contributed by atoms with E-state index in [1.807, 2.05) is 0 Å². The average Bonchev–Trinajstić information content (AvgIpc) is 3.11. The topological polar surface area (TPSA) is 151 Å². The first kappa shape index (κ1) is 53.1. The molecule has 0 radical (unpaired) electrons. The number of hydrogen-bond donors (Lipinski definition) is 0. The van der Waals surface area contributed by atoms with E-state index >= 15 is 0 Å². The molecule has 0 unspecified atom stereocenters. The van der Waals surface area contributed by atoms with Crippen molar-refractivity contribution in [3.8, 4) is 0 Å². The number of carboxylic acid groups (broad SMARTS) is 1. The van der Waals surface area contributed by atoms with Crippen LogP contribution in [0.2, 0.25) is 0 Å². The summed E-state index contributed by atoms with van der Waals surface area (Å²) in [5.41, 5.74) is 0. The van der Waals surface area contributed by atoms with Crippen molar-refractivity contribution in [3.63, 3.8) is 0 Å². The summed E-state index contributed by atoms with van der Waals surface area (Å²) in [6.45, 7) is 13.3. The summed E-state index contributed by atoms with van der Waals surface area (Å²) in [6, 6.07) is 0. The van der Waals surface area contributed by atoms with E-state index in [0.29, 0.717) is 139 Å². The molecule has 0 saturated carbocycles. The van der Waals surface area contributed by atoms with E-state index in [4.69, 9.17) is 56.8 Å². The van der Waals surface area contributed by atoms with E-state index in [2.05, 4.69) is 6.92 Å². The number of carboxylic acids is 1. The van der Waals surface area contributed by atoms with Crippen molar-refractivity contribution in [1.82, 2.24) is 0 Å². The van der Waals surface area contributed by atoms with Gasteiger partial charge in [-0.25, -0.2) is 0 Å². The molecule has 0 aliphatic rings. The third-order valence-corrected chi connectivity index (χ3v) is 6.95. The van der Waals surface area contributed by atoms with Crippen molar-refractivity contribution >= 4 is 5.97 Å². The van der Waals surface area contributed by atoms with E-state index in [-0.39, 0.29) is 36.2 Å². The third-order valence-electron chi connectivity index (χ3n) is 6.95. The smallest absolute Gasteiger partial charge is 0.548 e. The van der Waals surface area contributed by atoms with E-state index < -0.39 is 12.6 Å². The maximum absolute atomic E-state index is 10.2. The minimum absolute atomic E-state index is 0. The fraction of sp³-hybridized carbons (Fsp3) is 0.972. The second-order valence-electron chi connectivity index (χ2n) is 11.3. The molecule has 0 aliphatic carbocycles. The molecule has 0 N–H and O–H groups in total. The van der Waals surface area contributed by atoms with Gasteiger partial charge in [-0.2, -0.15) is 0 Å².